The molecule has 1 N–H and O–H groups in total. The van der Waals surface area contributed by atoms with Gasteiger partial charge in [0.2, 0.25) is 0 Å². The van der Waals surface area contributed by atoms with Crippen LogP contribution in [0.2, 0.25) is 0 Å². The molecule has 0 aliphatic heterocycles. The first kappa shape index (κ1) is 14.0. The second kappa shape index (κ2) is 6.68. The van der Waals surface area contributed by atoms with E-state index in [2.05, 4.69) is 29.3 Å². The SMILES string of the molecule is CSc1c(CCO)nnc(Cc2ccccc2)c1C. The van der Waals surface area contributed by atoms with Crippen LogP contribution in [-0.4, -0.2) is 28.2 Å². The Morgan fingerprint density at radius 3 is 2.42 bits per heavy atom. The highest BCUT2D eigenvalue weighted by atomic mass is 32.2. The second-order valence-electron chi connectivity index (χ2n) is 4.39. The zero-order valence-electron chi connectivity index (χ0n) is 11.3. The lowest BCUT2D eigenvalue weighted by Gasteiger charge is -2.12. The molecule has 3 nitrogen and oxygen atoms in total. The van der Waals surface area contributed by atoms with Gasteiger partial charge >= 0.3 is 0 Å². The highest BCUT2D eigenvalue weighted by molar-refractivity contribution is 7.98. The van der Waals surface area contributed by atoms with E-state index in [-0.39, 0.29) is 6.61 Å². The summed E-state index contributed by atoms with van der Waals surface area (Å²) < 4.78 is 0. The maximum absolute atomic E-state index is 9.06. The van der Waals surface area contributed by atoms with Crippen LogP contribution in [0.3, 0.4) is 0 Å². The molecule has 0 spiro atoms. The summed E-state index contributed by atoms with van der Waals surface area (Å²) in [6.45, 7) is 2.19. The molecule has 2 aromatic rings. The van der Waals surface area contributed by atoms with Gasteiger partial charge in [0.1, 0.15) is 0 Å². The van der Waals surface area contributed by atoms with Crippen LogP contribution in [0.25, 0.3) is 0 Å². The molecule has 0 atom stereocenters. The van der Waals surface area contributed by atoms with E-state index >= 15 is 0 Å². The lowest BCUT2D eigenvalue weighted by molar-refractivity contribution is 0.296. The summed E-state index contributed by atoms with van der Waals surface area (Å²) in [6.07, 6.45) is 3.40. The molecule has 1 aromatic heterocycles. The van der Waals surface area contributed by atoms with Crippen LogP contribution < -0.4 is 0 Å². The molecule has 0 aliphatic rings. The summed E-state index contributed by atoms with van der Waals surface area (Å²) in [7, 11) is 0. The Morgan fingerprint density at radius 2 is 1.79 bits per heavy atom. The van der Waals surface area contributed by atoms with Gasteiger partial charge in [0.25, 0.3) is 0 Å². The van der Waals surface area contributed by atoms with Gasteiger partial charge < -0.3 is 5.11 Å². The van der Waals surface area contributed by atoms with Crippen LogP contribution in [0.5, 0.6) is 0 Å². The fraction of sp³-hybridized carbons (Fsp3) is 0.333. The molecule has 2 rings (SSSR count). The molecule has 0 radical (unpaired) electrons. The average molecular weight is 274 g/mol. The van der Waals surface area contributed by atoms with Gasteiger partial charge in [0.05, 0.1) is 11.4 Å². The predicted molar refractivity (Wildman–Crippen MR) is 78.6 cm³/mol. The summed E-state index contributed by atoms with van der Waals surface area (Å²) in [4.78, 5) is 1.15. The molecule has 1 heterocycles. The normalized spacial score (nSPS) is 10.7. The maximum Gasteiger partial charge on any atom is 0.0792 e. The quantitative estimate of drug-likeness (QED) is 0.851. The zero-order valence-corrected chi connectivity index (χ0v) is 12.1. The molecule has 0 fully saturated rings. The van der Waals surface area contributed by atoms with E-state index in [1.165, 1.54) is 11.1 Å². The van der Waals surface area contributed by atoms with Crippen LogP contribution in [0.15, 0.2) is 35.2 Å². The van der Waals surface area contributed by atoms with Gasteiger partial charge in [-0.25, -0.2) is 0 Å². The molecule has 100 valence electrons. The molecule has 0 amide bonds. The van der Waals surface area contributed by atoms with Gasteiger partial charge in [-0.3, -0.25) is 0 Å². The minimum Gasteiger partial charge on any atom is -0.396 e. The van der Waals surface area contributed by atoms with E-state index in [0.717, 1.165) is 22.7 Å². The van der Waals surface area contributed by atoms with Crippen LogP contribution in [0, 0.1) is 6.92 Å². The van der Waals surface area contributed by atoms with E-state index in [0.29, 0.717) is 6.42 Å². The van der Waals surface area contributed by atoms with Crippen LogP contribution in [-0.2, 0) is 12.8 Å². The van der Waals surface area contributed by atoms with Crippen molar-refractivity contribution >= 4 is 11.8 Å². The standard InChI is InChI=1S/C15H18N2OS/c1-11-14(10-12-6-4-3-5-7-12)17-16-13(8-9-18)15(11)19-2/h3-7,18H,8-10H2,1-2H3. The zero-order chi connectivity index (χ0) is 13.7. The number of rotatable bonds is 5. The van der Waals surface area contributed by atoms with E-state index in [1.54, 1.807) is 11.8 Å². The maximum atomic E-state index is 9.06. The fourth-order valence-electron chi connectivity index (χ4n) is 2.09. The van der Waals surface area contributed by atoms with Crippen molar-refractivity contribution in [2.24, 2.45) is 0 Å². The third-order valence-electron chi connectivity index (χ3n) is 3.09. The predicted octanol–water partition coefficient (Wildman–Crippen LogP) is 2.63. The third-order valence-corrected chi connectivity index (χ3v) is 4.04. The van der Waals surface area contributed by atoms with Crippen molar-refractivity contribution in [2.75, 3.05) is 12.9 Å². The minimum atomic E-state index is 0.111. The van der Waals surface area contributed by atoms with Crippen LogP contribution in [0.1, 0.15) is 22.5 Å². The van der Waals surface area contributed by atoms with E-state index < -0.39 is 0 Å². The van der Waals surface area contributed by atoms with E-state index in [4.69, 9.17) is 5.11 Å². The first-order valence-electron chi connectivity index (χ1n) is 6.30. The Balaban J connectivity index is 2.32. The summed E-state index contributed by atoms with van der Waals surface area (Å²) in [5, 5.41) is 17.6. The molecule has 0 unspecified atom stereocenters. The number of thioether (sulfide) groups is 1. The van der Waals surface area contributed by atoms with Gasteiger partial charge in [0.15, 0.2) is 0 Å². The first-order chi connectivity index (χ1) is 9.26. The van der Waals surface area contributed by atoms with Gasteiger partial charge in [-0.15, -0.1) is 11.8 Å². The third kappa shape index (κ3) is 3.33. The molecule has 0 saturated carbocycles. The average Bonchev–Trinajstić information content (AvgIpc) is 2.44. The number of aliphatic hydroxyl groups is 1. The number of nitrogens with zero attached hydrogens (tertiary/aromatic N) is 2. The van der Waals surface area contributed by atoms with Crippen molar-refractivity contribution in [3.05, 3.63) is 52.8 Å². The lowest BCUT2D eigenvalue weighted by Crippen LogP contribution is -2.06. The summed E-state index contributed by atoms with van der Waals surface area (Å²) in [5.74, 6) is 0. The first-order valence-corrected chi connectivity index (χ1v) is 7.52. The summed E-state index contributed by atoms with van der Waals surface area (Å²) in [5.41, 5.74) is 4.32. The van der Waals surface area contributed by atoms with Gasteiger partial charge in [-0.05, 0) is 24.3 Å². The Hall–Kier alpha value is -1.39. The summed E-state index contributed by atoms with van der Waals surface area (Å²) in [6, 6.07) is 10.3. The number of hydrogen-bond acceptors (Lipinski definition) is 4. The molecule has 0 bridgehead atoms. The number of benzene rings is 1. The molecule has 19 heavy (non-hydrogen) atoms. The van der Waals surface area contributed by atoms with Crippen molar-refractivity contribution in [3.8, 4) is 0 Å². The Bertz CT molecular complexity index is 543. The highest BCUT2D eigenvalue weighted by Gasteiger charge is 2.12. The molecular formula is C15H18N2OS. The highest BCUT2D eigenvalue weighted by Crippen LogP contribution is 2.26. The Kier molecular flexibility index (Phi) is 4.93. The lowest BCUT2D eigenvalue weighted by atomic mass is 10.1. The van der Waals surface area contributed by atoms with Gasteiger partial charge in [-0.2, -0.15) is 10.2 Å². The van der Waals surface area contributed by atoms with Crippen molar-refractivity contribution in [3.63, 3.8) is 0 Å². The van der Waals surface area contributed by atoms with Crippen molar-refractivity contribution in [1.82, 2.24) is 10.2 Å². The monoisotopic (exact) mass is 274 g/mol. The largest absolute Gasteiger partial charge is 0.396 e. The van der Waals surface area contributed by atoms with Crippen LogP contribution >= 0.6 is 11.8 Å². The molecule has 4 heteroatoms. The Morgan fingerprint density at radius 1 is 1.11 bits per heavy atom. The van der Waals surface area contributed by atoms with Gasteiger partial charge in [0, 0.05) is 24.3 Å². The molecule has 1 aromatic carbocycles. The van der Waals surface area contributed by atoms with E-state index in [1.807, 2.05) is 24.5 Å². The van der Waals surface area contributed by atoms with Gasteiger partial charge in [-0.1, -0.05) is 30.3 Å². The number of hydrogen-bond donors (Lipinski definition) is 1. The number of aliphatic hydroxyl groups excluding tert-OH is 1. The molecule has 0 aliphatic carbocycles. The van der Waals surface area contributed by atoms with E-state index in [9.17, 15) is 0 Å². The summed E-state index contributed by atoms with van der Waals surface area (Å²) >= 11 is 1.67. The van der Waals surface area contributed by atoms with Crippen molar-refractivity contribution < 1.29 is 5.11 Å². The minimum absolute atomic E-state index is 0.111. The second-order valence-corrected chi connectivity index (χ2v) is 5.20. The topological polar surface area (TPSA) is 46.0 Å². The van der Waals surface area contributed by atoms with Crippen molar-refractivity contribution in [1.29, 1.82) is 0 Å². The molecule has 0 saturated heterocycles. The van der Waals surface area contributed by atoms with Crippen LogP contribution in [0.4, 0.5) is 0 Å². The smallest absolute Gasteiger partial charge is 0.0792 e. The Labute approximate surface area is 118 Å². The fourth-order valence-corrected chi connectivity index (χ4v) is 2.89. The van der Waals surface area contributed by atoms with Crippen molar-refractivity contribution in [2.45, 2.75) is 24.7 Å². The number of aromatic nitrogens is 2. The molecular weight excluding hydrogens is 256 g/mol.